The summed E-state index contributed by atoms with van der Waals surface area (Å²) in [6.45, 7) is 1.13. The van der Waals surface area contributed by atoms with Crippen molar-refractivity contribution in [2.75, 3.05) is 6.61 Å². The van der Waals surface area contributed by atoms with Gasteiger partial charge in [-0.25, -0.2) is 4.79 Å². The molecule has 7 nitrogen and oxygen atoms in total. The highest BCUT2D eigenvalue weighted by Crippen LogP contribution is 2.32. The molecule has 0 amide bonds. The van der Waals surface area contributed by atoms with Gasteiger partial charge >= 0.3 is 5.69 Å². The predicted octanol–water partition coefficient (Wildman–Crippen LogP) is -1.30. The average molecular weight is 277 g/mol. The van der Waals surface area contributed by atoms with Crippen LogP contribution >= 0.6 is 11.6 Å². The van der Waals surface area contributed by atoms with Crippen LogP contribution in [0.25, 0.3) is 0 Å². The molecule has 8 heteroatoms. The van der Waals surface area contributed by atoms with Crippen molar-refractivity contribution in [3.05, 3.63) is 32.6 Å². The summed E-state index contributed by atoms with van der Waals surface area (Å²) < 4.78 is 6.41. The van der Waals surface area contributed by atoms with Crippen molar-refractivity contribution in [3.8, 4) is 0 Å². The van der Waals surface area contributed by atoms with E-state index in [4.69, 9.17) is 21.4 Å². The molecule has 1 aromatic heterocycles. The molecule has 4 atom stereocenters. The molecule has 1 unspecified atom stereocenters. The second-order valence-corrected chi connectivity index (χ2v) is 4.67. The van der Waals surface area contributed by atoms with Crippen LogP contribution in [0.4, 0.5) is 0 Å². The number of halogens is 1. The lowest BCUT2D eigenvalue weighted by Crippen LogP contribution is -2.36. The Labute approximate surface area is 107 Å². The molecule has 1 aliphatic heterocycles. The van der Waals surface area contributed by atoms with Crippen molar-refractivity contribution in [2.45, 2.75) is 30.7 Å². The predicted molar refractivity (Wildman–Crippen MR) is 62.7 cm³/mol. The Balaban J connectivity index is 2.42. The van der Waals surface area contributed by atoms with Crippen LogP contribution in [0.1, 0.15) is 11.8 Å². The van der Waals surface area contributed by atoms with Crippen LogP contribution in [0.2, 0.25) is 0 Å². The normalized spacial score (nSPS) is 31.8. The third kappa shape index (κ3) is 2.10. The maximum Gasteiger partial charge on any atom is 0.330 e. The molecule has 1 saturated heterocycles. The van der Waals surface area contributed by atoms with Crippen LogP contribution < -0.4 is 11.2 Å². The fourth-order valence-corrected chi connectivity index (χ4v) is 2.20. The number of rotatable bonds is 2. The third-order valence-corrected chi connectivity index (χ3v) is 3.37. The Hall–Kier alpha value is -1.15. The quantitative estimate of drug-likeness (QED) is 0.583. The van der Waals surface area contributed by atoms with Gasteiger partial charge in [0, 0.05) is 11.8 Å². The van der Waals surface area contributed by atoms with Gasteiger partial charge in [-0.3, -0.25) is 14.3 Å². The maximum absolute atomic E-state index is 11.7. The van der Waals surface area contributed by atoms with Crippen molar-refractivity contribution in [3.63, 3.8) is 0 Å². The van der Waals surface area contributed by atoms with Crippen molar-refractivity contribution in [1.29, 1.82) is 0 Å². The zero-order chi connectivity index (χ0) is 13.4. The number of nitrogens with one attached hydrogen (secondary N) is 1. The van der Waals surface area contributed by atoms with E-state index in [2.05, 4.69) is 4.98 Å². The zero-order valence-corrected chi connectivity index (χ0v) is 10.3. The van der Waals surface area contributed by atoms with Crippen LogP contribution in [-0.2, 0) is 4.74 Å². The van der Waals surface area contributed by atoms with Crippen LogP contribution in [-0.4, -0.2) is 44.0 Å². The molecule has 0 bridgehead atoms. The zero-order valence-electron chi connectivity index (χ0n) is 9.54. The molecule has 1 fully saturated rings. The first-order valence-corrected chi connectivity index (χ1v) is 5.80. The van der Waals surface area contributed by atoms with E-state index in [0.29, 0.717) is 5.56 Å². The lowest BCUT2D eigenvalue weighted by molar-refractivity contribution is -0.0458. The summed E-state index contributed by atoms with van der Waals surface area (Å²) >= 11 is 5.96. The van der Waals surface area contributed by atoms with E-state index >= 15 is 0 Å². The van der Waals surface area contributed by atoms with Crippen LogP contribution in [0.15, 0.2) is 15.8 Å². The van der Waals surface area contributed by atoms with Crippen LogP contribution in [0, 0.1) is 6.92 Å². The third-order valence-electron chi connectivity index (χ3n) is 2.89. The number of H-pyrrole nitrogens is 1. The molecular weight excluding hydrogens is 264 g/mol. The molecule has 1 aliphatic rings. The van der Waals surface area contributed by atoms with E-state index in [0.717, 1.165) is 4.57 Å². The standard InChI is InChI=1S/C10H13ClN2O5/c1-4-2-13(10(17)12-8(4)16)9-6(11)7(15)5(3-14)18-9/h2,5-7,9,14-15H,3H2,1H3,(H,12,16,17)/t5-,6+,7?,9-/m1/s1. The number of aromatic amines is 1. The van der Waals surface area contributed by atoms with Gasteiger partial charge in [-0.1, -0.05) is 0 Å². The number of aliphatic hydroxyl groups is 2. The number of hydrogen-bond donors (Lipinski definition) is 3. The molecule has 0 spiro atoms. The molecule has 0 radical (unpaired) electrons. The highest BCUT2D eigenvalue weighted by molar-refractivity contribution is 6.21. The number of alkyl halides is 1. The molecule has 18 heavy (non-hydrogen) atoms. The number of nitrogens with zero attached hydrogens (tertiary/aromatic N) is 1. The average Bonchev–Trinajstić information content (AvgIpc) is 2.61. The molecule has 3 N–H and O–H groups in total. The summed E-state index contributed by atoms with van der Waals surface area (Å²) in [4.78, 5) is 25.0. The Kier molecular flexibility index (Phi) is 3.58. The maximum atomic E-state index is 11.7. The van der Waals surface area contributed by atoms with E-state index in [1.165, 1.54) is 13.1 Å². The fraction of sp³-hybridized carbons (Fsp3) is 0.600. The molecule has 2 rings (SSSR count). The Morgan fingerprint density at radius 2 is 2.22 bits per heavy atom. The van der Waals surface area contributed by atoms with Gasteiger partial charge in [0.05, 0.1) is 6.61 Å². The minimum absolute atomic E-state index is 0.323. The Morgan fingerprint density at radius 1 is 1.56 bits per heavy atom. The number of aromatic nitrogens is 2. The second-order valence-electron chi connectivity index (χ2n) is 4.16. The number of aryl methyl sites for hydroxylation is 1. The highest BCUT2D eigenvalue weighted by Gasteiger charge is 2.43. The monoisotopic (exact) mass is 276 g/mol. The van der Waals surface area contributed by atoms with Crippen LogP contribution in [0.5, 0.6) is 0 Å². The smallest absolute Gasteiger partial charge is 0.330 e. The molecule has 0 aliphatic carbocycles. The molecule has 100 valence electrons. The number of aliphatic hydroxyl groups excluding tert-OH is 2. The Morgan fingerprint density at radius 3 is 2.78 bits per heavy atom. The van der Waals surface area contributed by atoms with E-state index in [1.54, 1.807) is 0 Å². The minimum atomic E-state index is -1.08. The van der Waals surface area contributed by atoms with E-state index in [1.807, 2.05) is 0 Å². The minimum Gasteiger partial charge on any atom is -0.394 e. The van der Waals surface area contributed by atoms with Gasteiger partial charge in [0.25, 0.3) is 5.56 Å². The first kappa shape index (κ1) is 13.3. The summed E-state index contributed by atoms with van der Waals surface area (Å²) in [6.07, 6.45) is -1.55. The SMILES string of the molecule is Cc1cn([C@@H]2O[C@H](CO)C(O)[C@@H]2Cl)c(=O)[nH]c1=O. The van der Waals surface area contributed by atoms with Gasteiger partial charge < -0.3 is 14.9 Å². The van der Waals surface area contributed by atoms with Crippen molar-refractivity contribution in [2.24, 2.45) is 0 Å². The summed E-state index contributed by atoms with van der Waals surface area (Å²) in [7, 11) is 0. The molecule has 0 aromatic carbocycles. The molecule has 1 aromatic rings. The van der Waals surface area contributed by atoms with Gasteiger partial charge in [0.2, 0.25) is 0 Å². The van der Waals surface area contributed by atoms with Gasteiger partial charge in [-0.2, -0.15) is 0 Å². The van der Waals surface area contributed by atoms with Gasteiger partial charge in [-0.05, 0) is 6.92 Å². The molecule has 0 saturated carbocycles. The summed E-state index contributed by atoms with van der Waals surface area (Å²) in [5.41, 5.74) is -0.837. The van der Waals surface area contributed by atoms with Gasteiger partial charge in [0.15, 0.2) is 6.23 Å². The van der Waals surface area contributed by atoms with Gasteiger partial charge in [-0.15, -0.1) is 11.6 Å². The van der Waals surface area contributed by atoms with Gasteiger partial charge in [0.1, 0.15) is 17.6 Å². The van der Waals surface area contributed by atoms with Crippen molar-refractivity contribution >= 4 is 11.6 Å². The number of hydrogen-bond acceptors (Lipinski definition) is 5. The van der Waals surface area contributed by atoms with E-state index in [9.17, 15) is 14.7 Å². The lowest BCUT2D eigenvalue weighted by Gasteiger charge is -2.16. The van der Waals surface area contributed by atoms with Crippen molar-refractivity contribution in [1.82, 2.24) is 9.55 Å². The second kappa shape index (κ2) is 4.85. The highest BCUT2D eigenvalue weighted by atomic mass is 35.5. The van der Waals surface area contributed by atoms with E-state index in [-0.39, 0.29) is 0 Å². The largest absolute Gasteiger partial charge is 0.394 e. The first-order chi connectivity index (χ1) is 8.45. The molecule has 2 heterocycles. The summed E-state index contributed by atoms with van der Waals surface area (Å²) in [5, 5.41) is 17.8. The first-order valence-electron chi connectivity index (χ1n) is 5.36. The topological polar surface area (TPSA) is 105 Å². The summed E-state index contributed by atoms with van der Waals surface area (Å²) in [5.74, 6) is 0. The molecular formula is C10H13ClN2O5. The van der Waals surface area contributed by atoms with Crippen LogP contribution in [0.3, 0.4) is 0 Å². The summed E-state index contributed by atoms with van der Waals surface area (Å²) in [6, 6.07) is 0. The fourth-order valence-electron chi connectivity index (χ4n) is 1.85. The van der Waals surface area contributed by atoms with E-state index < -0.39 is 41.7 Å². The lowest BCUT2D eigenvalue weighted by atomic mass is 10.2. The Bertz CT molecular complexity index is 554. The van der Waals surface area contributed by atoms with Crippen molar-refractivity contribution < 1.29 is 14.9 Å². The number of ether oxygens (including phenoxy) is 1.